The van der Waals surface area contributed by atoms with E-state index in [1.54, 1.807) is 12.4 Å². The second-order valence-electron chi connectivity index (χ2n) is 5.01. The predicted molar refractivity (Wildman–Crippen MR) is 84.4 cm³/mol. The van der Waals surface area contributed by atoms with Crippen LogP contribution in [-0.2, 0) is 6.42 Å². The van der Waals surface area contributed by atoms with Gasteiger partial charge in [-0.15, -0.1) is 0 Å². The Morgan fingerprint density at radius 2 is 1.76 bits per heavy atom. The van der Waals surface area contributed by atoms with Crippen LogP contribution in [0.25, 0.3) is 11.0 Å². The van der Waals surface area contributed by atoms with Crippen molar-refractivity contribution in [2.75, 3.05) is 0 Å². The van der Waals surface area contributed by atoms with Crippen LogP contribution in [0.15, 0.2) is 60.9 Å². The van der Waals surface area contributed by atoms with Crippen molar-refractivity contribution in [1.29, 1.82) is 0 Å². The first-order valence-electron chi connectivity index (χ1n) is 7.08. The van der Waals surface area contributed by atoms with Crippen molar-refractivity contribution in [2.24, 2.45) is 5.84 Å². The van der Waals surface area contributed by atoms with Crippen LogP contribution in [0.3, 0.4) is 0 Å². The Morgan fingerprint density at radius 3 is 2.57 bits per heavy atom. The molecule has 21 heavy (non-hydrogen) atoms. The molecule has 0 bridgehead atoms. The molecule has 0 saturated heterocycles. The number of nitrogens with one attached hydrogen (secondary N) is 1. The van der Waals surface area contributed by atoms with Crippen molar-refractivity contribution in [2.45, 2.75) is 18.9 Å². The molecule has 3 aromatic rings. The van der Waals surface area contributed by atoms with Gasteiger partial charge in [0.05, 0.1) is 11.0 Å². The first kappa shape index (κ1) is 13.7. The predicted octanol–water partition coefficient (Wildman–Crippen LogP) is 2.77. The minimum absolute atomic E-state index is 0.0607. The number of hydrogen-bond donors (Lipinski definition) is 2. The van der Waals surface area contributed by atoms with E-state index in [-0.39, 0.29) is 6.04 Å². The fourth-order valence-corrected chi connectivity index (χ4v) is 2.58. The number of hydrazine groups is 1. The molecule has 106 valence electrons. The van der Waals surface area contributed by atoms with E-state index in [1.165, 1.54) is 5.56 Å². The topological polar surface area (TPSA) is 63.8 Å². The Morgan fingerprint density at radius 1 is 0.952 bits per heavy atom. The number of hydrogen-bond acceptors (Lipinski definition) is 4. The molecule has 1 aromatic heterocycles. The van der Waals surface area contributed by atoms with E-state index in [1.807, 2.05) is 18.2 Å². The highest BCUT2D eigenvalue weighted by Crippen LogP contribution is 2.24. The zero-order valence-electron chi connectivity index (χ0n) is 11.7. The Bertz CT molecular complexity index is 707. The summed E-state index contributed by atoms with van der Waals surface area (Å²) in [6.45, 7) is 0. The summed E-state index contributed by atoms with van der Waals surface area (Å²) in [6.07, 6.45) is 5.31. The second kappa shape index (κ2) is 6.43. The van der Waals surface area contributed by atoms with Crippen molar-refractivity contribution < 1.29 is 0 Å². The third kappa shape index (κ3) is 3.07. The highest BCUT2D eigenvalue weighted by molar-refractivity contribution is 5.78. The third-order valence-electron chi connectivity index (χ3n) is 3.67. The number of rotatable bonds is 5. The molecule has 3 N–H and O–H groups in total. The maximum Gasteiger partial charge on any atom is 0.0935 e. The molecule has 0 fully saturated rings. The monoisotopic (exact) mass is 278 g/mol. The first-order valence-corrected chi connectivity index (χ1v) is 7.08. The van der Waals surface area contributed by atoms with Gasteiger partial charge in [-0.2, -0.15) is 0 Å². The number of para-hydroxylation sites is 1. The molecular weight excluding hydrogens is 260 g/mol. The molecular formula is C17H18N4. The molecule has 4 heteroatoms. The molecule has 0 radical (unpaired) electrons. The van der Waals surface area contributed by atoms with Gasteiger partial charge in [0.1, 0.15) is 0 Å². The van der Waals surface area contributed by atoms with E-state index in [2.05, 4.69) is 45.7 Å². The van der Waals surface area contributed by atoms with Crippen molar-refractivity contribution in [3.63, 3.8) is 0 Å². The summed E-state index contributed by atoms with van der Waals surface area (Å²) in [6, 6.07) is 16.5. The van der Waals surface area contributed by atoms with E-state index < -0.39 is 0 Å². The molecule has 0 amide bonds. The lowest BCUT2D eigenvalue weighted by atomic mass is 9.98. The van der Waals surface area contributed by atoms with Crippen molar-refractivity contribution in [1.82, 2.24) is 15.4 Å². The number of nitrogens with two attached hydrogens (primary N) is 1. The number of benzene rings is 2. The fourth-order valence-electron chi connectivity index (χ4n) is 2.58. The largest absolute Gasteiger partial charge is 0.271 e. The molecule has 1 unspecified atom stereocenters. The highest BCUT2D eigenvalue weighted by atomic mass is 15.2. The normalized spacial score (nSPS) is 12.4. The Balaban J connectivity index is 1.85. The average Bonchev–Trinajstić information content (AvgIpc) is 2.56. The molecule has 4 nitrogen and oxygen atoms in total. The standard InChI is InChI=1S/C17H18N4/c18-21-15(10-9-13-5-2-1-3-6-13)14-7-4-8-16-17(14)20-12-11-19-16/h1-8,11-12,15,21H,9-10,18H2. The summed E-state index contributed by atoms with van der Waals surface area (Å²) in [7, 11) is 0. The number of fused-ring (bicyclic) bond motifs is 1. The lowest BCUT2D eigenvalue weighted by Crippen LogP contribution is -2.28. The van der Waals surface area contributed by atoms with Crippen LogP contribution >= 0.6 is 0 Å². The van der Waals surface area contributed by atoms with Crippen molar-refractivity contribution in [3.8, 4) is 0 Å². The third-order valence-corrected chi connectivity index (χ3v) is 3.67. The van der Waals surface area contributed by atoms with Crippen molar-refractivity contribution >= 4 is 11.0 Å². The van der Waals surface area contributed by atoms with Gasteiger partial charge in [0.25, 0.3) is 0 Å². The minimum atomic E-state index is 0.0607. The summed E-state index contributed by atoms with van der Waals surface area (Å²) in [5.74, 6) is 5.76. The quantitative estimate of drug-likeness (QED) is 0.556. The Labute approximate surface area is 124 Å². The van der Waals surface area contributed by atoms with Crippen LogP contribution in [0.2, 0.25) is 0 Å². The maximum absolute atomic E-state index is 5.76. The average molecular weight is 278 g/mol. The van der Waals surface area contributed by atoms with Gasteiger partial charge in [-0.1, -0.05) is 42.5 Å². The van der Waals surface area contributed by atoms with Gasteiger partial charge >= 0.3 is 0 Å². The summed E-state index contributed by atoms with van der Waals surface area (Å²) in [4.78, 5) is 8.79. The lowest BCUT2D eigenvalue weighted by Gasteiger charge is -2.17. The number of aromatic nitrogens is 2. The molecule has 2 aromatic carbocycles. The minimum Gasteiger partial charge on any atom is -0.271 e. The van der Waals surface area contributed by atoms with Crippen LogP contribution in [-0.4, -0.2) is 9.97 Å². The van der Waals surface area contributed by atoms with Crippen LogP contribution in [0.4, 0.5) is 0 Å². The van der Waals surface area contributed by atoms with Gasteiger partial charge in [0.2, 0.25) is 0 Å². The SMILES string of the molecule is NNC(CCc1ccccc1)c1cccc2nccnc12. The number of nitrogens with zero attached hydrogens (tertiary/aromatic N) is 2. The number of aryl methyl sites for hydroxylation is 1. The van der Waals surface area contributed by atoms with E-state index >= 15 is 0 Å². The van der Waals surface area contributed by atoms with Gasteiger partial charge in [-0.05, 0) is 30.0 Å². The van der Waals surface area contributed by atoms with Crippen LogP contribution in [0.1, 0.15) is 23.6 Å². The molecule has 0 saturated carbocycles. The molecule has 1 atom stereocenters. The van der Waals surface area contributed by atoms with E-state index in [9.17, 15) is 0 Å². The summed E-state index contributed by atoms with van der Waals surface area (Å²) in [5.41, 5.74) is 7.13. The van der Waals surface area contributed by atoms with Gasteiger partial charge in [0, 0.05) is 18.4 Å². The summed E-state index contributed by atoms with van der Waals surface area (Å²) >= 11 is 0. The molecule has 0 aliphatic heterocycles. The second-order valence-corrected chi connectivity index (χ2v) is 5.01. The van der Waals surface area contributed by atoms with Crippen LogP contribution < -0.4 is 11.3 Å². The summed E-state index contributed by atoms with van der Waals surface area (Å²) in [5, 5.41) is 0. The van der Waals surface area contributed by atoms with E-state index in [4.69, 9.17) is 5.84 Å². The zero-order valence-corrected chi connectivity index (χ0v) is 11.7. The highest BCUT2D eigenvalue weighted by Gasteiger charge is 2.14. The smallest absolute Gasteiger partial charge is 0.0935 e. The molecule has 0 aliphatic rings. The van der Waals surface area contributed by atoms with Gasteiger partial charge in [-0.3, -0.25) is 21.2 Å². The van der Waals surface area contributed by atoms with Gasteiger partial charge in [-0.25, -0.2) is 0 Å². The molecule has 3 rings (SSSR count). The molecule has 1 heterocycles. The van der Waals surface area contributed by atoms with Gasteiger partial charge in [0.15, 0.2) is 0 Å². The van der Waals surface area contributed by atoms with Crippen molar-refractivity contribution in [3.05, 3.63) is 72.1 Å². The van der Waals surface area contributed by atoms with Crippen LogP contribution in [0.5, 0.6) is 0 Å². The molecule has 0 aliphatic carbocycles. The summed E-state index contributed by atoms with van der Waals surface area (Å²) < 4.78 is 0. The fraction of sp³-hybridized carbons (Fsp3) is 0.176. The van der Waals surface area contributed by atoms with Gasteiger partial charge < -0.3 is 0 Å². The lowest BCUT2D eigenvalue weighted by molar-refractivity contribution is 0.519. The Kier molecular flexibility index (Phi) is 4.19. The van der Waals surface area contributed by atoms with E-state index in [0.717, 1.165) is 29.4 Å². The zero-order chi connectivity index (χ0) is 14.5. The van der Waals surface area contributed by atoms with Crippen LogP contribution in [0, 0.1) is 0 Å². The first-order chi connectivity index (χ1) is 10.4. The Hall–Kier alpha value is -2.30. The molecule has 0 spiro atoms. The maximum atomic E-state index is 5.76. The van der Waals surface area contributed by atoms with E-state index in [0.29, 0.717) is 0 Å².